The molecule has 1 aromatic carbocycles. The van der Waals surface area contributed by atoms with Crippen LogP contribution in [0.1, 0.15) is 107 Å². The van der Waals surface area contributed by atoms with Crippen molar-refractivity contribution in [3.8, 4) is 11.5 Å². The summed E-state index contributed by atoms with van der Waals surface area (Å²) in [4.78, 5) is 51.6. The van der Waals surface area contributed by atoms with Crippen molar-refractivity contribution in [2.45, 2.75) is 120 Å². The van der Waals surface area contributed by atoms with Crippen molar-refractivity contribution in [2.75, 3.05) is 0 Å². The zero-order valence-electron chi connectivity index (χ0n) is 26.1. The van der Waals surface area contributed by atoms with Crippen molar-refractivity contribution in [1.82, 2.24) is 5.32 Å². The van der Waals surface area contributed by atoms with Crippen molar-refractivity contribution in [1.29, 1.82) is 0 Å². The quantitative estimate of drug-likeness (QED) is 0.149. The smallest absolute Gasteiger partial charge is 0.364 e. The van der Waals surface area contributed by atoms with Gasteiger partial charge in [-0.05, 0) is 91.8 Å². The van der Waals surface area contributed by atoms with Gasteiger partial charge in [0.2, 0.25) is 0 Å². The highest BCUT2D eigenvalue weighted by Crippen LogP contribution is 2.35. The first-order chi connectivity index (χ1) is 18.3. The first-order valence-electron chi connectivity index (χ1n) is 14.1. The maximum Gasteiger partial charge on any atom is 0.364 e. The summed E-state index contributed by atoms with van der Waals surface area (Å²) in [5, 5.41) is 13.4. The van der Waals surface area contributed by atoms with Gasteiger partial charge in [0, 0.05) is 12.5 Å². The highest BCUT2D eigenvalue weighted by molar-refractivity contribution is 5.84. The molecule has 0 fully saturated rings. The van der Waals surface area contributed by atoms with Crippen LogP contribution in [0.4, 0.5) is 0 Å². The minimum absolute atomic E-state index is 0.0210. The van der Waals surface area contributed by atoms with E-state index in [4.69, 9.17) is 14.2 Å². The molecule has 0 heterocycles. The summed E-state index contributed by atoms with van der Waals surface area (Å²) < 4.78 is 17.1. The van der Waals surface area contributed by atoms with E-state index in [1.165, 1.54) is 12.1 Å². The van der Waals surface area contributed by atoms with Crippen LogP contribution in [-0.4, -0.2) is 40.8 Å². The summed E-state index contributed by atoms with van der Waals surface area (Å²) >= 11 is 0. The topological polar surface area (TPSA) is 128 Å². The van der Waals surface area contributed by atoms with Crippen LogP contribution in [0.3, 0.4) is 0 Å². The summed E-state index contributed by atoms with van der Waals surface area (Å²) in [6, 6.07) is 4.19. The number of carboxylic acids is 1. The molecule has 2 atom stereocenters. The third kappa shape index (κ3) is 8.78. The summed E-state index contributed by atoms with van der Waals surface area (Å²) in [7, 11) is 0. The van der Waals surface area contributed by atoms with Crippen LogP contribution in [0, 0.1) is 16.2 Å². The van der Waals surface area contributed by atoms with Crippen molar-refractivity contribution in [2.24, 2.45) is 16.2 Å². The molecule has 0 aliphatic heterocycles. The number of ether oxygens (including phenoxy) is 3. The summed E-state index contributed by atoms with van der Waals surface area (Å²) in [5.74, 6) is -3.03. The third-order valence-electron chi connectivity index (χ3n) is 7.88. The number of carbonyl (C=O) groups excluding carboxylic acids is 3. The average molecular weight is 564 g/mol. The van der Waals surface area contributed by atoms with Crippen LogP contribution in [0.15, 0.2) is 18.2 Å². The molecule has 0 spiro atoms. The summed E-state index contributed by atoms with van der Waals surface area (Å²) in [6.07, 6.45) is 1.80. The van der Waals surface area contributed by atoms with Crippen LogP contribution in [0.25, 0.3) is 0 Å². The van der Waals surface area contributed by atoms with E-state index in [9.17, 15) is 24.3 Å². The number of carbonyl (C=O) groups is 4. The number of esters is 3. The van der Waals surface area contributed by atoms with Gasteiger partial charge in [-0.1, -0.05) is 33.8 Å². The maximum absolute atomic E-state index is 13.1. The first kappa shape index (κ1) is 35.1. The van der Waals surface area contributed by atoms with Gasteiger partial charge in [0.15, 0.2) is 11.5 Å². The lowest BCUT2D eigenvalue weighted by Crippen LogP contribution is -2.60. The maximum atomic E-state index is 13.1. The molecule has 9 heteroatoms. The second kappa shape index (κ2) is 13.6. The summed E-state index contributed by atoms with van der Waals surface area (Å²) in [6.45, 7) is 19.6. The molecule has 0 aliphatic carbocycles. The molecule has 0 saturated heterocycles. The lowest BCUT2D eigenvalue weighted by atomic mass is 9.90. The first-order valence-corrected chi connectivity index (χ1v) is 14.1. The standard InChI is InChI=1S/C31H49NO8/c1-12-20(5)32-31(24(33)34,40-27(37)30(10,11)15-4)19-21-16-17-22(38-25(35)28(6,7)13-2)23(18-21)39-26(36)29(8,9)14-3/h16-18,20,32H,12-15,19H2,1-11H3,(H,33,34)/t20?,31-/m0/s1. The van der Waals surface area contributed by atoms with E-state index in [2.05, 4.69) is 5.32 Å². The van der Waals surface area contributed by atoms with E-state index >= 15 is 0 Å². The van der Waals surface area contributed by atoms with E-state index in [1.54, 1.807) is 54.5 Å². The number of aliphatic carboxylic acids is 1. The fourth-order valence-electron chi connectivity index (χ4n) is 3.12. The van der Waals surface area contributed by atoms with Crippen molar-refractivity contribution < 1.29 is 38.5 Å². The molecular formula is C31H49NO8. The largest absolute Gasteiger partial charge is 0.477 e. The Balaban J connectivity index is 3.67. The SMILES string of the molecule is CCC(C)N[C@@](Cc1ccc(OC(=O)C(C)(C)CC)c(OC(=O)C(C)(C)CC)c1)(OC(=O)C(C)(C)CC)C(=O)O. The Hall–Kier alpha value is -2.94. The molecule has 0 aromatic heterocycles. The Labute approximate surface area is 239 Å². The van der Waals surface area contributed by atoms with Crippen LogP contribution >= 0.6 is 0 Å². The summed E-state index contributed by atoms with van der Waals surface area (Å²) in [5.41, 5.74) is -4.20. The second-order valence-electron chi connectivity index (χ2n) is 12.4. The minimum Gasteiger partial charge on any atom is -0.477 e. The van der Waals surface area contributed by atoms with E-state index in [0.717, 1.165) is 0 Å². The van der Waals surface area contributed by atoms with E-state index in [0.29, 0.717) is 31.2 Å². The Morgan fingerprint density at radius 3 is 1.65 bits per heavy atom. The van der Waals surface area contributed by atoms with Crippen molar-refractivity contribution in [3.05, 3.63) is 23.8 Å². The van der Waals surface area contributed by atoms with Gasteiger partial charge in [0.25, 0.3) is 5.72 Å². The molecule has 0 amide bonds. The van der Waals surface area contributed by atoms with Gasteiger partial charge in [0.05, 0.1) is 16.2 Å². The number of rotatable bonds is 15. The lowest BCUT2D eigenvalue weighted by Gasteiger charge is -2.35. The number of hydrogen-bond donors (Lipinski definition) is 2. The molecule has 0 saturated carbocycles. The van der Waals surface area contributed by atoms with Crippen LogP contribution < -0.4 is 14.8 Å². The number of nitrogens with one attached hydrogen (secondary N) is 1. The van der Waals surface area contributed by atoms with Crippen LogP contribution in [0.5, 0.6) is 11.5 Å². The lowest BCUT2D eigenvalue weighted by molar-refractivity contribution is -0.191. The molecule has 9 nitrogen and oxygen atoms in total. The van der Waals surface area contributed by atoms with Gasteiger partial charge in [-0.15, -0.1) is 0 Å². The molecule has 40 heavy (non-hydrogen) atoms. The third-order valence-corrected chi connectivity index (χ3v) is 7.88. The molecule has 226 valence electrons. The Kier molecular flexibility index (Phi) is 11.9. The highest BCUT2D eigenvalue weighted by Gasteiger charge is 2.46. The van der Waals surface area contributed by atoms with Gasteiger partial charge >= 0.3 is 23.9 Å². The van der Waals surface area contributed by atoms with E-state index in [-0.39, 0.29) is 24.0 Å². The Morgan fingerprint density at radius 1 is 0.775 bits per heavy atom. The van der Waals surface area contributed by atoms with Gasteiger partial charge in [0.1, 0.15) is 0 Å². The van der Waals surface area contributed by atoms with Gasteiger partial charge in [-0.2, -0.15) is 0 Å². The normalized spacial score (nSPS) is 14.6. The number of benzene rings is 1. The molecular weight excluding hydrogens is 514 g/mol. The van der Waals surface area contributed by atoms with Gasteiger partial charge in [-0.3, -0.25) is 19.7 Å². The van der Waals surface area contributed by atoms with Crippen LogP contribution in [-0.2, 0) is 30.3 Å². The van der Waals surface area contributed by atoms with Crippen molar-refractivity contribution >= 4 is 23.9 Å². The number of carboxylic acid groups (broad SMARTS) is 1. The van der Waals surface area contributed by atoms with Crippen LogP contribution in [0.2, 0.25) is 0 Å². The Morgan fingerprint density at radius 2 is 1.23 bits per heavy atom. The predicted molar refractivity (Wildman–Crippen MR) is 153 cm³/mol. The van der Waals surface area contributed by atoms with Gasteiger partial charge in [-0.25, -0.2) is 4.79 Å². The minimum atomic E-state index is -2.09. The number of hydrogen-bond acceptors (Lipinski definition) is 8. The molecule has 1 rings (SSSR count). The van der Waals surface area contributed by atoms with E-state index in [1.807, 2.05) is 27.7 Å². The van der Waals surface area contributed by atoms with Gasteiger partial charge < -0.3 is 19.3 Å². The average Bonchev–Trinajstić information content (AvgIpc) is 2.89. The molecule has 1 unspecified atom stereocenters. The molecule has 0 radical (unpaired) electrons. The van der Waals surface area contributed by atoms with E-state index < -0.39 is 45.8 Å². The predicted octanol–water partition coefficient (Wildman–Crippen LogP) is 6.06. The molecule has 0 aliphatic rings. The Bertz CT molecular complexity index is 1080. The highest BCUT2D eigenvalue weighted by atomic mass is 16.6. The monoisotopic (exact) mass is 563 g/mol. The zero-order valence-corrected chi connectivity index (χ0v) is 26.1. The fraction of sp³-hybridized carbons (Fsp3) is 0.677. The fourth-order valence-corrected chi connectivity index (χ4v) is 3.12. The zero-order chi connectivity index (χ0) is 31.1. The molecule has 0 bridgehead atoms. The second-order valence-corrected chi connectivity index (χ2v) is 12.4. The molecule has 1 aromatic rings. The molecule has 2 N–H and O–H groups in total. The van der Waals surface area contributed by atoms with Crippen molar-refractivity contribution in [3.63, 3.8) is 0 Å².